The Bertz CT molecular complexity index is 1060. The molecule has 2 unspecified atom stereocenters. The Balaban J connectivity index is 2.17. The van der Waals surface area contributed by atoms with Gasteiger partial charge in [0.15, 0.2) is 0 Å². The van der Waals surface area contributed by atoms with Gasteiger partial charge in [-0.1, -0.05) is 80.1 Å². The number of nitrogens with zero attached hydrogens (tertiary/aromatic N) is 8. The van der Waals surface area contributed by atoms with Crippen molar-refractivity contribution in [2.75, 3.05) is 18.0 Å². The Labute approximate surface area is 236 Å². The van der Waals surface area contributed by atoms with Gasteiger partial charge in [-0.25, -0.2) is 9.97 Å². The third-order valence-corrected chi connectivity index (χ3v) is 7.79. The van der Waals surface area contributed by atoms with E-state index in [-0.39, 0.29) is 0 Å². The molecule has 0 N–H and O–H groups in total. The summed E-state index contributed by atoms with van der Waals surface area (Å²) >= 11 is 0. The van der Waals surface area contributed by atoms with Crippen LogP contribution in [-0.2, 0) is 12.8 Å². The van der Waals surface area contributed by atoms with E-state index in [0.29, 0.717) is 23.7 Å². The second-order valence-electron chi connectivity index (χ2n) is 11.0. The molecule has 3 aromatic rings. The van der Waals surface area contributed by atoms with Gasteiger partial charge < -0.3 is 4.90 Å². The number of aryl methyl sites for hydroxylation is 4. The summed E-state index contributed by atoms with van der Waals surface area (Å²) in [4.78, 5) is 27.2. The fourth-order valence-corrected chi connectivity index (χ4v) is 5.34. The first kappa shape index (κ1) is 30.8. The number of anilines is 1. The van der Waals surface area contributed by atoms with Gasteiger partial charge in [-0.3, -0.25) is 9.13 Å². The van der Waals surface area contributed by atoms with Gasteiger partial charge >= 0.3 is 0 Å². The maximum Gasteiger partial charge on any atom is 0.241 e. The molecule has 3 heterocycles. The number of imidazole rings is 2. The van der Waals surface area contributed by atoms with E-state index in [1.807, 2.05) is 35.4 Å². The minimum absolute atomic E-state index is 0.612. The van der Waals surface area contributed by atoms with E-state index in [9.17, 15) is 0 Å². The summed E-state index contributed by atoms with van der Waals surface area (Å²) < 4.78 is 4.08. The summed E-state index contributed by atoms with van der Waals surface area (Å²) in [5.74, 6) is 5.18. The number of aromatic nitrogens is 7. The molecule has 0 aliphatic heterocycles. The second-order valence-corrected chi connectivity index (χ2v) is 11.0. The van der Waals surface area contributed by atoms with Crippen molar-refractivity contribution in [2.45, 2.75) is 120 Å². The summed E-state index contributed by atoms with van der Waals surface area (Å²) in [6, 6.07) is 0. The number of hydrogen-bond acceptors (Lipinski definition) is 6. The van der Waals surface area contributed by atoms with Crippen LogP contribution in [-0.4, -0.2) is 47.1 Å². The van der Waals surface area contributed by atoms with Gasteiger partial charge in [-0.2, -0.15) is 15.0 Å². The smallest absolute Gasteiger partial charge is 0.241 e. The monoisotopic (exact) mass is 536 g/mol. The average Bonchev–Trinajstić information content (AvgIpc) is 3.53. The number of hydrogen-bond donors (Lipinski definition) is 0. The first-order valence-corrected chi connectivity index (χ1v) is 15.5. The Hall–Kier alpha value is -2.77. The molecule has 8 heteroatoms. The third-order valence-electron chi connectivity index (χ3n) is 7.79. The number of unbranched alkanes of at least 4 members (excludes halogenated alkanes) is 2. The van der Waals surface area contributed by atoms with Gasteiger partial charge in [0.05, 0.1) is 11.4 Å². The zero-order valence-corrected chi connectivity index (χ0v) is 25.9. The lowest BCUT2D eigenvalue weighted by Gasteiger charge is -2.31. The lowest BCUT2D eigenvalue weighted by atomic mass is 9.96. The van der Waals surface area contributed by atoms with Crippen LogP contribution in [0.2, 0.25) is 0 Å². The fourth-order valence-electron chi connectivity index (χ4n) is 5.34. The minimum Gasteiger partial charge on any atom is -0.340 e. The van der Waals surface area contributed by atoms with E-state index in [0.717, 1.165) is 67.8 Å². The molecule has 0 spiro atoms. The summed E-state index contributed by atoms with van der Waals surface area (Å²) in [6.07, 6.45) is 15.5. The largest absolute Gasteiger partial charge is 0.340 e. The molecule has 8 nitrogen and oxygen atoms in total. The van der Waals surface area contributed by atoms with Crippen LogP contribution in [0.3, 0.4) is 0 Å². The van der Waals surface area contributed by atoms with Gasteiger partial charge in [-0.05, 0) is 38.5 Å². The predicted octanol–water partition coefficient (Wildman–Crippen LogP) is 7.22. The maximum atomic E-state index is 5.14. The quantitative estimate of drug-likeness (QED) is 0.181. The van der Waals surface area contributed by atoms with Crippen molar-refractivity contribution in [1.29, 1.82) is 0 Å². The molecule has 0 bridgehead atoms. The van der Waals surface area contributed by atoms with Gasteiger partial charge in [0, 0.05) is 38.3 Å². The molecule has 0 aliphatic rings. The molecule has 0 aliphatic carbocycles. The highest BCUT2D eigenvalue weighted by molar-refractivity contribution is 5.38. The van der Waals surface area contributed by atoms with Crippen LogP contribution in [0.25, 0.3) is 11.9 Å². The first-order valence-electron chi connectivity index (χ1n) is 15.5. The van der Waals surface area contributed by atoms with Crippen LogP contribution in [0.5, 0.6) is 0 Å². The fraction of sp³-hybridized carbons (Fsp3) is 0.710. The minimum atomic E-state index is 0.612. The van der Waals surface area contributed by atoms with Crippen LogP contribution in [0.4, 0.5) is 5.95 Å². The lowest BCUT2D eigenvalue weighted by Crippen LogP contribution is -2.36. The Morgan fingerprint density at radius 2 is 1.08 bits per heavy atom. The van der Waals surface area contributed by atoms with E-state index in [2.05, 4.69) is 46.4 Å². The molecule has 0 amide bonds. The summed E-state index contributed by atoms with van der Waals surface area (Å²) in [6.45, 7) is 19.4. The highest BCUT2D eigenvalue weighted by atomic mass is 15.4. The molecule has 2 atom stereocenters. The molecule has 39 heavy (non-hydrogen) atoms. The van der Waals surface area contributed by atoms with Crippen LogP contribution < -0.4 is 4.90 Å². The molecule has 0 fully saturated rings. The molecule has 0 saturated heterocycles. The molecule has 0 saturated carbocycles. The zero-order valence-electron chi connectivity index (χ0n) is 25.9. The van der Waals surface area contributed by atoms with Crippen molar-refractivity contribution >= 4 is 5.95 Å². The van der Waals surface area contributed by atoms with Crippen molar-refractivity contribution in [3.05, 3.63) is 35.4 Å². The normalized spacial score (nSPS) is 13.1. The molecule has 0 aromatic carbocycles. The third kappa shape index (κ3) is 8.12. The van der Waals surface area contributed by atoms with Gasteiger partial charge in [0.1, 0.15) is 11.6 Å². The molecular weight excluding hydrogens is 484 g/mol. The van der Waals surface area contributed by atoms with Crippen molar-refractivity contribution < 1.29 is 0 Å². The zero-order chi connectivity index (χ0) is 28.4. The second kappa shape index (κ2) is 15.1. The highest BCUT2D eigenvalue weighted by Gasteiger charge is 2.23. The first-order chi connectivity index (χ1) is 18.9. The van der Waals surface area contributed by atoms with E-state index in [1.54, 1.807) is 0 Å². The van der Waals surface area contributed by atoms with Crippen molar-refractivity contribution in [3.8, 4) is 11.9 Å². The van der Waals surface area contributed by atoms with Gasteiger partial charge in [0.2, 0.25) is 17.8 Å². The van der Waals surface area contributed by atoms with Gasteiger partial charge in [0.25, 0.3) is 0 Å². The van der Waals surface area contributed by atoms with Crippen LogP contribution in [0.1, 0.15) is 116 Å². The SMILES string of the molecule is CCCCC(CC)CN(CC(CC)CCCC)c1nc(-n2cc(C)nc2CC)nc(-n2cc(C)nc2CC)n1. The molecule has 0 radical (unpaired) electrons. The molecular formula is C31H52N8. The number of rotatable bonds is 17. The average molecular weight is 537 g/mol. The maximum absolute atomic E-state index is 5.14. The summed E-state index contributed by atoms with van der Waals surface area (Å²) in [5, 5.41) is 0. The molecule has 3 aromatic heterocycles. The van der Waals surface area contributed by atoms with E-state index < -0.39 is 0 Å². The van der Waals surface area contributed by atoms with Crippen molar-refractivity contribution in [3.63, 3.8) is 0 Å². The summed E-state index contributed by atoms with van der Waals surface area (Å²) in [5.41, 5.74) is 1.94. The van der Waals surface area contributed by atoms with Crippen LogP contribution in [0.15, 0.2) is 12.4 Å². The Morgan fingerprint density at radius 1 is 0.641 bits per heavy atom. The molecule has 216 valence electrons. The highest BCUT2D eigenvalue weighted by Crippen LogP contribution is 2.24. The topological polar surface area (TPSA) is 77.5 Å². The van der Waals surface area contributed by atoms with Crippen molar-refractivity contribution in [1.82, 2.24) is 34.1 Å². The Morgan fingerprint density at radius 3 is 1.44 bits per heavy atom. The van der Waals surface area contributed by atoms with E-state index in [4.69, 9.17) is 24.9 Å². The van der Waals surface area contributed by atoms with Crippen molar-refractivity contribution in [2.24, 2.45) is 11.8 Å². The van der Waals surface area contributed by atoms with E-state index >= 15 is 0 Å². The molecule has 3 rings (SSSR count). The van der Waals surface area contributed by atoms with Crippen LogP contribution in [0, 0.1) is 25.7 Å². The van der Waals surface area contributed by atoms with E-state index in [1.165, 1.54) is 38.5 Å². The standard InChI is InChI=1S/C31H52N8/c1-9-15-17-25(11-3)21-37(22-26(12-4)18-16-10-2)29-34-30(38-19-23(7)32-27(38)13-5)36-31(35-29)39-20-24(8)33-28(39)14-6/h19-20,25-26H,9-18,21-22H2,1-8H3. The van der Waals surface area contributed by atoms with Crippen LogP contribution >= 0.6 is 0 Å². The predicted molar refractivity (Wildman–Crippen MR) is 161 cm³/mol. The summed E-state index contributed by atoms with van der Waals surface area (Å²) in [7, 11) is 0. The Kier molecular flexibility index (Phi) is 11.9. The van der Waals surface area contributed by atoms with Gasteiger partial charge in [-0.15, -0.1) is 0 Å². The lowest BCUT2D eigenvalue weighted by molar-refractivity contribution is 0.400.